The molecule has 1 spiro atoms. The maximum absolute atomic E-state index is 12.1. The molecule has 19 heavy (non-hydrogen) atoms. The smallest absolute Gasteiger partial charge is 0.326 e. The van der Waals surface area contributed by atoms with E-state index in [4.69, 9.17) is 15.2 Å². The Labute approximate surface area is 112 Å². The summed E-state index contributed by atoms with van der Waals surface area (Å²) in [6, 6.07) is 0. The van der Waals surface area contributed by atoms with Gasteiger partial charge in [0.1, 0.15) is 5.54 Å². The standard InChI is InChI=1S/C14H21NO4/c1-3-18-11(16)8-9-10(8)14(15,12(17)19-4-2)7-13(9)5-6-13/h8-10H,3-7,15H2,1-2H3. The van der Waals surface area contributed by atoms with Gasteiger partial charge in [0, 0.05) is 5.92 Å². The Balaban J connectivity index is 1.81. The zero-order valence-electron chi connectivity index (χ0n) is 11.5. The van der Waals surface area contributed by atoms with Gasteiger partial charge in [0.25, 0.3) is 0 Å². The van der Waals surface area contributed by atoms with Crippen LogP contribution >= 0.6 is 0 Å². The van der Waals surface area contributed by atoms with Gasteiger partial charge in [-0.15, -0.1) is 0 Å². The summed E-state index contributed by atoms with van der Waals surface area (Å²) in [4.78, 5) is 24.1. The fraction of sp³-hybridized carbons (Fsp3) is 0.857. The van der Waals surface area contributed by atoms with Gasteiger partial charge >= 0.3 is 11.9 Å². The quantitative estimate of drug-likeness (QED) is 0.764. The van der Waals surface area contributed by atoms with E-state index in [9.17, 15) is 9.59 Å². The van der Waals surface area contributed by atoms with Crippen LogP contribution in [0.15, 0.2) is 0 Å². The van der Waals surface area contributed by atoms with E-state index in [0.717, 1.165) is 12.8 Å². The molecule has 0 aromatic heterocycles. The van der Waals surface area contributed by atoms with Gasteiger partial charge < -0.3 is 15.2 Å². The number of carbonyl (C=O) groups is 2. The Hall–Kier alpha value is -1.10. The molecular formula is C14H21NO4. The molecule has 4 atom stereocenters. The van der Waals surface area contributed by atoms with Crippen LogP contribution in [0.3, 0.4) is 0 Å². The third kappa shape index (κ3) is 1.64. The van der Waals surface area contributed by atoms with Crippen molar-refractivity contribution in [3.63, 3.8) is 0 Å². The Bertz CT molecular complexity index is 431. The first-order valence-corrected chi connectivity index (χ1v) is 7.13. The molecule has 3 aliphatic rings. The molecule has 0 radical (unpaired) electrons. The number of rotatable bonds is 4. The largest absolute Gasteiger partial charge is 0.466 e. The van der Waals surface area contributed by atoms with Crippen molar-refractivity contribution < 1.29 is 19.1 Å². The molecular weight excluding hydrogens is 246 g/mol. The zero-order valence-corrected chi connectivity index (χ0v) is 11.5. The van der Waals surface area contributed by atoms with E-state index in [0.29, 0.717) is 19.6 Å². The van der Waals surface area contributed by atoms with Crippen molar-refractivity contribution in [2.75, 3.05) is 13.2 Å². The minimum absolute atomic E-state index is 0.0758. The van der Waals surface area contributed by atoms with E-state index in [1.54, 1.807) is 13.8 Å². The number of esters is 2. The van der Waals surface area contributed by atoms with Crippen LogP contribution in [-0.4, -0.2) is 30.7 Å². The predicted molar refractivity (Wildman–Crippen MR) is 66.9 cm³/mol. The van der Waals surface area contributed by atoms with Gasteiger partial charge in [0.05, 0.1) is 19.1 Å². The summed E-state index contributed by atoms with van der Waals surface area (Å²) in [7, 11) is 0. The highest BCUT2D eigenvalue weighted by Crippen LogP contribution is 2.78. The SMILES string of the molecule is CCOC(=O)C1C2C1C(N)(C(=O)OCC)CC21CC1. The van der Waals surface area contributed by atoms with Crippen molar-refractivity contribution >= 4 is 11.9 Å². The molecule has 5 nitrogen and oxygen atoms in total. The molecule has 5 heteroatoms. The average Bonchev–Trinajstić information content (AvgIpc) is 3.20. The summed E-state index contributed by atoms with van der Waals surface area (Å²) in [6.45, 7) is 4.27. The number of hydrogen-bond donors (Lipinski definition) is 1. The fourth-order valence-electron chi connectivity index (χ4n) is 4.21. The molecule has 3 rings (SSSR count). The van der Waals surface area contributed by atoms with E-state index >= 15 is 0 Å². The van der Waals surface area contributed by atoms with Gasteiger partial charge in [-0.2, -0.15) is 0 Å². The molecule has 106 valence electrons. The lowest BCUT2D eigenvalue weighted by Crippen LogP contribution is -2.51. The highest BCUT2D eigenvalue weighted by molar-refractivity contribution is 5.87. The lowest BCUT2D eigenvalue weighted by Gasteiger charge is -2.27. The molecule has 0 aromatic carbocycles. The second-order valence-corrected chi connectivity index (χ2v) is 6.13. The van der Waals surface area contributed by atoms with E-state index in [1.165, 1.54) is 0 Å². The minimum Gasteiger partial charge on any atom is -0.466 e. The van der Waals surface area contributed by atoms with Gasteiger partial charge in [-0.25, -0.2) is 0 Å². The van der Waals surface area contributed by atoms with E-state index in [2.05, 4.69) is 0 Å². The molecule has 4 unspecified atom stereocenters. The first-order valence-electron chi connectivity index (χ1n) is 7.13. The normalized spacial score (nSPS) is 40.7. The zero-order chi connectivity index (χ0) is 13.8. The number of hydrogen-bond acceptors (Lipinski definition) is 5. The van der Waals surface area contributed by atoms with Gasteiger partial charge in [0.15, 0.2) is 0 Å². The molecule has 0 aliphatic heterocycles. The summed E-state index contributed by atoms with van der Waals surface area (Å²) in [5.74, 6) is -0.567. The van der Waals surface area contributed by atoms with Crippen molar-refractivity contribution in [1.82, 2.24) is 0 Å². The second-order valence-electron chi connectivity index (χ2n) is 6.13. The van der Waals surface area contributed by atoms with Crippen molar-refractivity contribution in [2.45, 2.75) is 38.6 Å². The molecule has 2 N–H and O–H groups in total. The molecule has 0 amide bonds. The van der Waals surface area contributed by atoms with Crippen LogP contribution in [0.25, 0.3) is 0 Å². The second kappa shape index (κ2) is 3.95. The molecule has 3 aliphatic carbocycles. The van der Waals surface area contributed by atoms with Crippen LogP contribution in [-0.2, 0) is 19.1 Å². The summed E-state index contributed by atoms with van der Waals surface area (Å²) in [5.41, 5.74) is 5.47. The minimum atomic E-state index is -0.978. The van der Waals surface area contributed by atoms with Crippen molar-refractivity contribution in [2.24, 2.45) is 28.9 Å². The molecule has 3 fully saturated rings. The summed E-state index contributed by atoms with van der Waals surface area (Å²) >= 11 is 0. The molecule has 0 heterocycles. The lowest BCUT2D eigenvalue weighted by atomic mass is 9.86. The first-order chi connectivity index (χ1) is 9.00. The Morgan fingerprint density at radius 2 is 1.79 bits per heavy atom. The van der Waals surface area contributed by atoms with Gasteiger partial charge in [-0.05, 0) is 44.4 Å². The Morgan fingerprint density at radius 1 is 1.16 bits per heavy atom. The van der Waals surface area contributed by atoms with Crippen molar-refractivity contribution in [3.05, 3.63) is 0 Å². The Morgan fingerprint density at radius 3 is 2.32 bits per heavy atom. The van der Waals surface area contributed by atoms with Crippen molar-refractivity contribution in [1.29, 1.82) is 0 Å². The molecule has 0 saturated heterocycles. The Kier molecular flexibility index (Phi) is 2.68. The van der Waals surface area contributed by atoms with E-state index < -0.39 is 5.54 Å². The first kappa shape index (κ1) is 12.9. The maximum atomic E-state index is 12.1. The average molecular weight is 267 g/mol. The van der Waals surface area contributed by atoms with Crippen LogP contribution in [0.4, 0.5) is 0 Å². The number of ether oxygens (including phenoxy) is 2. The third-order valence-corrected chi connectivity index (χ3v) is 5.07. The fourth-order valence-corrected chi connectivity index (χ4v) is 4.21. The predicted octanol–water partition coefficient (Wildman–Crippen LogP) is 0.856. The van der Waals surface area contributed by atoms with Gasteiger partial charge in [-0.3, -0.25) is 9.59 Å². The lowest BCUT2D eigenvalue weighted by molar-refractivity contribution is -0.152. The summed E-state index contributed by atoms with van der Waals surface area (Å²) < 4.78 is 10.2. The topological polar surface area (TPSA) is 78.6 Å². The molecule has 3 saturated carbocycles. The van der Waals surface area contributed by atoms with Crippen LogP contribution in [0, 0.1) is 23.2 Å². The summed E-state index contributed by atoms with van der Waals surface area (Å²) in [5, 5.41) is 0. The van der Waals surface area contributed by atoms with Crippen LogP contribution < -0.4 is 5.73 Å². The van der Waals surface area contributed by atoms with Crippen LogP contribution in [0.1, 0.15) is 33.1 Å². The number of carbonyl (C=O) groups excluding carboxylic acids is 2. The monoisotopic (exact) mass is 267 g/mol. The van der Waals surface area contributed by atoms with Gasteiger partial charge in [0.2, 0.25) is 0 Å². The van der Waals surface area contributed by atoms with E-state index in [1.807, 2.05) is 0 Å². The van der Waals surface area contributed by atoms with Crippen LogP contribution in [0.5, 0.6) is 0 Å². The molecule has 0 aromatic rings. The highest BCUT2D eigenvalue weighted by atomic mass is 16.5. The number of fused-ring (bicyclic) bond motifs is 2. The van der Waals surface area contributed by atoms with Crippen molar-refractivity contribution in [3.8, 4) is 0 Å². The van der Waals surface area contributed by atoms with E-state index in [-0.39, 0.29) is 35.1 Å². The summed E-state index contributed by atoms with van der Waals surface area (Å²) in [6.07, 6.45) is 2.81. The van der Waals surface area contributed by atoms with Gasteiger partial charge in [-0.1, -0.05) is 0 Å². The number of nitrogens with two attached hydrogens (primary N) is 1. The molecule has 0 bridgehead atoms. The maximum Gasteiger partial charge on any atom is 0.326 e. The highest BCUT2D eigenvalue weighted by Gasteiger charge is 2.81. The van der Waals surface area contributed by atoms with Crippen LogP contribution in [0.2, 0.25) is 0 Å². The third-order valence-electron chi connectivity index (χ3n) is 5.07.